The molecule has 0 radical (unpaired) electrons. The molecule has 33 heavy (non-hydrogen) atoms. The first-order chi connectivity index (χ1) is 15.6. The van der Waals surface area contributed by atoms with Crippen LogP contribution in [0.25, 0.3) is 0 Å². The molecule has 0 aliphatic carbocycles. The summed E-state index contributed by atoms with van der Waals surface area (Å²) in [7, 11) is 0. The Bertz CT molecular complexity index is 830. The number of benzene rings is 1. The molecule has 7 nitrogen and oxygen atoms in total. The Kier molecular flexibility index (Phi) is 10.4. The number of hydrogen-bond donors (Lipinski definition) is 3. The number of thiocarbonyl (C=S) groups is 1. The highest BCUT2D eigenvalue weighted by atomic mass is 32.1. The first-order valence-corrected chi connectivity index (χ1v) is 12.1. The molecule has 1 saturated heterocycles. The zero-order chi connectivity index (χ0) is 24.5. The molecule has 1 fully saturated rings. The number of carboxylic acids is 1. The average molecular weight is 476 g/mol. The van der Waals surface area contributed by atoms with Crippen LogP contribution in [0.3, 0.4) is 0 Å². The van der Waals surface area contributed by atoms with Gasteiger partial charge in [0.05, 0.1) is 18.5 Å². The van der Waals surface area contributed by atoms with Crippen molar-refractivity contribution in [2.45, 2.75) is 77.4 Å². The van der Waals surface area contributed by atoms with E-state index in [9.17, 15) is 14.4 Å². The van der Waals surface area contributed by atoms with E-state index >= 15 is 0 Å². The number of carbonyl (C=O) groups excluding carboxylic acids is 2. The van der Waals surface area contributed by atoms with E-state index in [1.807, 2.05) is 30.3 Å². The molecule has 1 aliphatic rings. The predicted molar refractivity (Wildman–Crippen MR) is 133 cm³/mol. The molecule has 182 valence electrons. The van der Waals surface area contributed by atoms with Crippen molar-refractivity contribution in [2.75, 3.05) is 6.54 Å². The van der Waals surface area contributed by atoms with E-state index in [0.717, 1.165) is 23.3 Å². The number of nitrogens with two attached hydrogens (primary N) is 1. The molecule has 1 aromatic carbocycles. The third-order valence-electron chi connectivity index (χ3n) is 5.96. The van der Waals surface area contributed by atoms with Crippen molar-refractivity contribution in [3.8, 4) is 0 Å². The molecule has 8 heteroatoms. The fourth-order valence-electron chi connectivity index (χ4n) is 4.53. The third kappa shape index (κ3) is 8.51. The van der Waals surface area contributed by atoms with Gasteiger partial charge in [0, 0.05) is 11.4 Å². The van der Waals surface area contributed by atoms with Crippen molar-refractivity contribution in [2.24, 2.45) is 17.6 Å². The van der Waals surface area contributed by atoms with Crippen LogP contribution in [0.4, 0.5) is 0 Å². The minimum Gasteiger partial charge on any atom is -0.481 e. The van der Waals surface area contributed by atoms with Gasteiger partial charge in [0.25, 0.3) is 0 Å². The second-order valence-electron chi connectivity index (χ2n) is 9.55. The molecular weight excluding hydrogens is 438 g/mol. The van der Waals surface area contributed by atoms with E-state index < -0.39 is 30.4 Å². The summed E-state index contributed by atoms with van der Waals surface area (Å²) >= 11 is 5.79. The van der Waals surface area contributed by atoms with Crippen molar-refractivity contribution in [3.63, 3.8) is 0 Å². The van der Waals surface area contributed by atoms with Crippen LogP contribution in [-0.2, 0) is 20.8 Å². The Morgan fingerprint density at radius 3 is 2.45 bits per heavy atom. The van der Waals surface area contributed by atoms with E-state index in [4.69, 9.17) is 23.1 Å². The highest BCUT2D eigenvalue weighted by Gasteiger charge is 2.37. The lowest BCUT2D eigenvalue weighted by Gasteiger charge is -2.29. The molecule has 0 saturated carbocycles. The second-order valence-corrected chi connectivity index (χ2v) is 10.1. The second kappa shape index (κ2) is 12.8. The minimum absolute atomic E-state index is 0.261. The Morgan fingerprint density at radius 2 is 1.85 bits per heavy atom. The van der Waals surface area contributed by atoms with Crippen LogP contribution in [0.15, 0.2) is 30.3 Å². The molecular formula is C25H37N3O4S. The fraction of sp³-hybridized carbons (Fsp3) is 0.600. The zero-order valence-electron chi connectivity index (χ0n) is 19.8. The van der Waals surface area contributed by atoms with Gasteiger partial charge >= 0.3 is 5.97 Å². The summed E-state index contributed by atoms with van der Waals surface area (Å²) in [6.45, 7) is 6.94. The lowest BCUT2D eigenvalue weighted by atomic mass is 9.91. The smallest absolute Gasteiger partial charge is 0.305 e. The van der Waals surface area contributed by atoms with Crippen LogP contribution in [0.1, 0.15) is 58.4 Å². The zero-order valence-corrected chi connectivity index (χ0v) is 20.6. The van der Waals surface area contributed by atoms with Crippen LogP contribution in [0, 0.1) is 11.8 Å². The van der Waals surface area contributed by atoms with Gasteiger partial charge in [-0.15, -0.1) is 0 Å². The molecule has 2 rings (SSSR count). The molecule has 1 heterocycles. The Balaban J connectivity index is 2.13. The highest BCUT2D eigenvalue weighted by Crippen LogP contribution is 2.21. The van der Waals surface area contributed by atoms with E-state index in [1.165, 1.54) is 4.90 Å². The monoisotopic (exact) mass is 475 g/mol. The van der Waals surface area contributed by atoms with Gasteiger partial charge in [-0.05, 0) is 49.5 Å². The van der Waals surface area contributed by atoms with Gasteiger partial charge < -0.3 is 21.1 Å². The first-order valence-electron chi connectivity index (χ1n) is 11.7. The molecule has 1 unspecified atom stereocenters. The van der Waals surface area contributed by atoms with Gasteiger partial charge in [-0.2, -0.15) is 0 Å². The Hall–Kier alpha value is -2.32. The van der Waals surface area contributed by atoms with Gasteiger partial charge in [-0.25, -0.2) is 0 Å². The number of amides is 2. The van der Waals surface area contributed by atoms with Crippen LogP contribution in [0.5, 0.6) is 0 Å². The molecule has 4 atom stereocenters. The third-order valence-corrected chi connectivity index (χ3v) is 6.41. The summed E-state index contributed by atoms with van der Waals surface area (Å²) in [4.78, 5) is 39.1. The first kappa shape index (κ1) is 26.9. The Labute approximate surface area is 202 Å². The van der Waals surface area contributed by atoms with Gasteiger partial charge in [0.15, 0.2) is 0 Å². The topological polar surface area (TPSA) is 113 Å². The summed E-state index contributed by atoms with van der Waals surface area (Å²) in [5.74, 6) is -0.921. The standard InChI is InChI=1S/C25H37N3O4S/c1-16(2)12-17(3)13-22(33)20(14-18-8-5-4-6-9-18)27-24(31)21-10-7-11-28(21)25(32)19(26)15-23(29)30/h4-6,8-9,16-17,19-21H,7,10-15,26H2,1-3H3,(H,27,31)(H,29,30)/t17-,19+,20+,21?/m1/s1. The normalized spacial score (nSPS) is 18.6. The molecule has 4 N–H and O–H groups in total. The quantitative estimate of drug-likeness (QED) is 0.401. The maximum absolute atomic E-state index is 13.3. The van der Waals surface area contributed by atoms with Crippen LogP contribution in [-0.4, -0.2) is 57.3 Å². The molecule has 2 amide bonds. The van der Waals surface area contributed by atoms with Crippen molar-refractivity contribution < 1.29 is 19.5 Å². The van der Waals surface area contributed by atoms with Gasteiger partial charge in [0.2, 0.25) is 11.8 Å². The summed E-state index contributed by atoms with van der Waals surface area (Å²) in [6, 6.07) is 7.74. The summed E-state index contributed by atoms with van der Waals surface area (Å²) < 4.78 is 0. The molecule has 1 aromatic rings. The minimum atomic E-state index is -1.16. The number of nitrogens with one attached hydrogen (secondary N) is 1. The van der Waals surface area contributed by atoms with E-state index in [-0.39, 0.29) is 11.9 Å². The lowest BCUT2D eigenvalue weighted by Crippen LogP contribution is -2.54. The summed E-state index contributed by atoms with van der Waals surface area (Å²) in [5.41, 5.74) is 6.86. The van der Waals surface area contributed by atoms with Crippen molar-refractivity contribution in [3.05, 3.63) is 35.9 Å². The van der Waals surface area contributed by atoms with Crippen LogP contribution in [0.2, 0.25) is 0 Å². The van der Waals surface area contributed by atoms with Crippen molar-refractivity contribution >= 4 is 34.9 Å². The van der Waals surface area contributed by atoms with Crippen LogP contribution >= 0.6 is 12.2 Å². The summed E-state index contributed by atoms with van der Waals surface area (Å²) in [6.07, 6.45) is 3.10. The number of hydrogen-bond acceptors (Lipinski definition) is 5. The summed E-state index contributed by atoms with van der Waals surface area (Å²) in [5, 5.41) is 12.1. The molecule has 0 spiro atoms. The SMILES string of the molecule is CC(C)C[C@@H](C)CC(=S)[C@H](Cc1ccccc1)NC(=O)C1CCCN1C(=O)[C@@H](N)CC(=O)O. The number of carbonyl (C=O) groups is 3. The molecule has 1 aliphatic heterocycles. The van der Waals surface area contributed by atoms with E-state index in [1.54, 1.807) is 0 Å². The maximum Gasteiger partial charge on any atom is 0.305 e. The number of nitrogens with zero attached hydrogens (tertiary/aromatic N) is 1. The largest absolute Gasteiger partial charge is 0.481 e. The van der Waals surface area contributed by atoms with Crippen LogP contribution < -0.4 is 11.1 Å². The van der Waals surface area contributed by atoms with Crippen molar-refractivity contribution in [1.82, 2.24) is 10.2 Å². The van der Waals surface area contributed by atoms with Gasteiger partial charge in [0.1, 0.15) is 6.04 Å². The van der Waals surface area contributed by atoms with Crippen molar-refractivity contribution in [1.29, 1.82) is 0 Å². The van der Waals surface area contributed by atoms with Gasteiger partial charge in [-0.1, -0.05) is 63.3 Å². The average Bonchev–Trinajstić information content (AvgIpc) is 3.22. The number of aliphatic carboxylic acids is 1. The highest BCUT2D eigenvalue weighted by molar-refractivity contribution is 7.80. The van der Waals surface area contributed by atoms with Gasteiger partial charge in [-0.3, -0.25) is 14.4 Å². The number of carboxylic acid groups (broad SMARTS) is 1. The molecule has 0 bridgehead atoms. The molecule has 0 aromatic heterocycles. The number of likely N-dealkylation sites (tertiary alicyclic amines) is 1. The maximum atomic E-state index is 13.3. The number of rotatable bonds is 12. The lowest BCUT2D eigenvalue weighted by molar-refractivity contribution is -0.143. The fourth-order valence-corrected chi connectivity index (χ4v) is 4.96. The Morgan fingerprint density at radius 1 is 1.18 bits per heavy atom. The van der Waals surface area contributed by atoms with E-state index in [0.29, 0.717) is 37.6 Å². The van der Waals surface area contributed by atoms with E-state index in [2.05, 4.69) is 26.1 Å². The predicted octanol–water partition coefficient (Wildman–Crippen LogP) is 2.95.